The van der Waals surface area contributed by atoms with Gasteiger partial charge in [0.2, 0.25) is 0 Å². The van der Waals surface area contributed by atoms with E-state index in [0.717, 1.165) is 5.56 Å². The van der Waals surface area contributed by atoms with E-state index in [-0.39, 0.29) is 51.7 Å². The smallest absolute Gasteiger partial charge is 0.138 e. The maximum atomic E-state index is 11.8. The second-order valence-electron chi connectivity index (χ2n) is 13.0. The van der Waals surface area contributed by atoms with Crippen molar-refractivity contribution in [1.82, 2.24) is 0 Å². The molecular weight excluding hydrogens is 664 g/mol. The van der Waals surface area contributed by atoms with Crippen LogP contribution in [0.5, 0.6) is 57.5 Å². The Kier molecular flexibility index (Phi) is 7.72. The number of benzene rings is 6. The van der Waals surface area contributed by atoms with Gasteiger partial charge in [-0.15, -0.1) is 0 Å². The summed E-state index contributed by atoms with van der Waals surface area (Å²) in [6.07, 6.45) is 2.00. The molecule has 0 fully saturated rings. The average Bonchev–Trinajstić information content (AvgIpc) is 3.68. The van der Waals surface area contributed by atoms with E-state index < -0.39 is 24.0 Å². The molecule has 10 heteroatoms. The molecule has 2 aliphatic heterocycles. The van der Waals surface area contributed by atoms with Crippen molar-refractivity contribution < 1.29 is 50.3 Å². The minimum Gasteiger partial charge on any atom is -0.508 e. The number of phenolic OH excluding ortho intramolecular Hbond substituents is 8. The molecule has 0 spiro atoms. The van der Waals surface area contributed by atoms with E-state index >= 15 is 0 Å². The Balaban J connectivity index is 1.25. The molecule has 52 heavy (non-hydrogen) atoms. The molecule has 8 rings (SSSR count). The van der Waals surface area contributed by atoms with Gasteiger partial charge in [0.1, 0.15) is 69.7 Å². The first kappa shape index (κ1) is 32.3. The largest absolute Gasteiger partial charge is 0.508 e. The summed E-state index contributed by atoms with van der Waals surface area (Å²) < 4.78 is 13.0. The van der Waals surface area contributed by atoms with E-state index in [2.05, 4.69) is 0 Å². The van der Waals surface area contributed by atoms with Gasteiger partial charge in [-0.1, -0.05) is 36.4 Å². The predicted molar refractivity (Wildman–Crippen MR) is 191 cm³/mol. The third-order valence-corrected chi connectivity index (χ3v) is 9.57. The second-order valence-corrected chi connectivity index (χ2v) is 13.0. The third kappa shape index (κ3) is 5.75. The van der Waals surface area contributed by atoms with Crippen molar-refractivity contribution >= 4 is 12.2 Å². The molecule has 0 aromatic heterocycles. The number of rotatable bonds is 6. The van der Waals surface area contributed by atoms with Crippen molar-refractivity contribution in [3.05, 3.63) is 154 Å². The van der Waals surface area contributed by atoms with Gasteiger partial charge >= 0.3 is 0 Å². The SMILES string of the molecule is Oc1ccc(C=Cc2cc(O)c3c(c2)O[C@H](c2ccc(O)cc2)[C@H]3c2cc(O)c3c(c2)O[C@@H](c2ccc(O)cc2O)[C@@H]3c2cc(O)cc(O)c2)cc1. The topological polar surface area (TPSA) is 180 Å². The number of hydrogen-bond acceptors (Lipinski definition) is 10. The molecular formula is C42H32O10. The normalized spacial score (nSPS) is 18.8. The molecule has 10 nitrogen and oxygen atoms in total. The lowest BCUT2D eigenvalue weighted by Crippen LogP contribution is -2.12. The van der Waals surface area contributed by atoms with Gasteiger partial charge in [0.25, 0.3) is 0 Å². The highest BCUT2D eigenvalue weighted by Crippen LogP contribution is 2.59. The highest BCUT2D eigenvalue weighted by Gasteiger charge is 2.44. The molecule has 260 valence electrons. The maximum absolute atomic E-state index is 11.8. The van der Waals surface area contributed by atoms with Crippen molar-refractivity contribution in [1.29, 1.82) is 0 Å². The van der Waals surface area contributed by atoms with Gasteiger partial charge < -0.3 is 50.3 Å². The third-order valence-electron chi connectivity index (χ3n) is 9.57. The van der Waals surface area contributed by atoms with Crippen molar-refractivity contribution in [2.24, 2.45) is 0 Å². The van der Waals surface area contributed by atoms with Crippen molar-refractivity contribution in [3.8, 4) is 57.5 Å². The van der Waals surface area contributed by atoms with Crippen LogP contribution < -0.4 is 9.47 Å². The van der Waals surface area contributed by atoms with Gasteiger partial charge in [0, 0.05) is 28.8 Å². The Labute approximate surface area is 297 Å². The zero-order valence-corrected chi connectivity index (χ0v) is 27.3. The van der Waals surface area contributed by atoms with E-state index in [4.69, 9.17) is 9.47 Å². The first-order valence-corrected chi connectivity index (χ1v) is 16.4. The summed E-state index contributed by atoms with van der Waals surface area (Å²) in [6, 6.07) is 28.0. The Morgan fingerprint density at radius 3 is 1.60 bits per heavy atom. The molecule has 0 amide bonds. The minimum absolute atomic E-state index is 0.0463. The van der Waals surface area contributed by atoms with E-state index in [1.807, 2.05) is 12.2 Å². The standard InChI is InChI=1S/C42H32O10/c43-26-7-3-21(4-8-26)1-2-22-13-33(49)39-35(14-22)51-41(23-5-9-27(44)10-6-23)37(39)25-17-34(50)40-36(18-25)52-42(31-12-11-28(45)20-32(31)48)38(40)24-15-29(46)19-30(47)16-24/h1-20,37-38,41-50H/t37-,38+,41+,42-/m0/s1. The van der Waals surface area contributed by atoms with Crippen molar-refractivity contribution in [3.63, 3.8) is 0 Å². The van der Waals surface area contributed by atoms with Crippen LogP contribution >= 0.6 is 0 Å². The van der Waals surface area contributed by atoms with Gasteiger partial charge in [-0.3, -0.25) is 0 Å². The molecule has 0 radical (unpaired) electrons. The maximum Gasteiger partial charge on any atom is 0.138 e. The minimum atomic E-state index is -0.950. The summed E-state index contributed by atoms with van der Waals surface area (Å²) in [6.45, 7) is 0. The average molecular weight is 697 g/mol. The summed E-state index contributed by atoms with van der Waals surface area (Å²) >= 11 is 0. The number of aromatic hydroxyl groups is 8. The van der Waals surface area contributed by atoms with Crippen LogP contribution in [0.1, 0.15) is 68.6 Å². The van der Waals surface area contributed by atoms with Crippen LogP contribution in [0.15, 0.2) is 109 Å². The zero-order chi connectivity index (χ0) is 36.3. The molecule has 0 saturated heterocycles. The quantitative estimate of drug-likeness (QED) is 0.0795. The molecule has 0 saturated carbocycles. The summed E-state index contributed by atoms with van der Waals surface area (Å²) in [7, 11) is 0. The lowest BCUT2D eigenvalue weighted by Gasteiger charge is -2.22. The van der Waals surface area contributed by atoms with E-state index in [1.54, 1.807) is 60.7 Å². The predicted octanol–water partition coefficient (Wildman–Crippen LogP) is 8.03. The fourth-order valence-corrected chi connectivity index (χ4v) is 7.27. The summed E-state index contributed by atoms with van der Waals surface area (Å²) in [4.78, 5) is 0. The van der Waals surface area contributed by atoms with Gasteiger partial charge in [0.15, 0.2) is 0 Å². The molecule has 0 aliphatic carbocycles. The van der Waals surface area contributed by atoms with Crippen LogP contribution in [0.2, 0.25) is 0 Å². The van der Waals surface area contributed by atoms with Gasteiger partial charge in [-0.2, -0.15) is 0 Å². The molecule has 2 aliphatic rings. The molecule has 0 bridgehead atoms. The second kappa shape index (κ2) is 12.4. The lowest BCUT2D eigenvalue weighted by atomic mass is 9.81. The highest BCUT2D eigenvalue weighted by molar-refractivity contribution is 5.73. The van der Waals surface area contributed by atoms with Crippen LogP contribution in [0, 0.1) is 0 Å². The fraction of sp³-hybridized carbons (Fsp3) is 0.0952. The van der Waals surface area contributed by atoms with Gasteiger partial charge in [0.05, 0.1) is 11.8 Å². The monoisotopic (exact) mass is 696 g/mol. The molecule has 4 atom stereocenters. The Morgan fingerprint density at radius 1 is 0.385 bits per heavy atom. The van der Waals surface area contributed by atoms with Gasteiger partial charge in [-0.25, -0.2) is 0 Å². The van der Waals surface area contributed by atoms with Crippen LogP contribution in [0.3, 0.4) is 0 Å². The zero-order valence-electron chi connectivity index (χ0n) is 27.3. The summed E-state index contributed by atoms with van der Waals surface area (Å²) in [5.74, 6) is -1.65. The number of phenols is 8. The summed E-state index contributed by atoms with van der Waals surface area (Å²) in [5.41, 5.74) is 4.23. The van der Waals surface area contributed by atoms with E-state index in [9.17, 15) is 40.9 Å². The first-order chi connectivity index (χ1) is 25.0. The summed E-state index contributed by atoms with van der Waals surface area (Å²) in [5, 5.41) is 84.7. The van der Waals surface area contributed by atoms with E-state index in [1.165, 1.54) is 48.5 Å². The van der Waals surface area contributed by atoms with Crippen LogP contribution in [0.4, 0.5) is 0 Å². The van der Waals surface area contributed by atoms with E-state index in [0.29, 0.717) is 44.7 Å². The molecule has 6 aromatic rings. The number of ether oxygens (including phenoxy) is 2. The molecule has 6 aromatic carbocycles. The lowest BCUT2D eigenvalue weighted by molar-refractivity contribution is 0.215. The number of fused-ring (bicyclic) bond motifs is 2. The Morgan fingerprint density at radius 2 is 0.923 bits per heavy atom. The Hall–Kier alpha value is -6.94. The fourth-order valence-electron chi connectivity index (χ4n) is 7.27. The molecule has 0 unspecified atom stereocenters. The first-order valence-electron chi connectivity index (χ1n) is 16.4. The van der Waals surface area contributed by atoms with Crippen molar-refractivity contribution in [2.75, 3.05) is 0 Å². The van der Waals surface area contributed by atoms with Crippen LogP contribution in [-0.4, -0.2) is 40.9 Å². The van der Waals surface area contributed by atoms with Crippen LogP contribution in [0.25, 0.3) is 12.2 Å². The number of hydrogen-bond donors (Lipinski definition) is 8. The van der Waals surface area contributed by atoms with Crippen molar-refractivity contribution in [2.45, 2.75) is 24.0 Å². The molecule has 8 N–H and O–H groups in total. The van der Waals surface area contributed by atoms with Crippen LogP contribution in [-0.2, 0) is 0 Å². The van der Waals surface area contributed by atoms with Gasteiger partial charge in [-0.05, 0) is 101 Å². The highest BCUT2D eigenvalue weighted by atomic mass is 16.5. The molecule has 2 heterocycles. The Bertz CT molecular complexity index is 2350.